The maximum atomic E-state index is 5.86. The second-order valence-corrected chi connectivity index (χ2v) is 5.08. The number of ether oxygens (including phenoxy) is 1. The number of fused-ring (bicyclic) bond motifs is 1. The second-order valence-electron chi connectivity index (χ2n) is 4.64. The zero-order chi connectivity index (χ0) is 14.1. The molecule has 0 N–H and O–H groups in total. The van der Waals surface area contributed by atoms with Gasteiger partial charge >= 0.3 is 0 Å². The summed E-state index contributed by atoms with van der Waals surface area (Å²) in [6, 6.07) is 7.79. The van der Waals surface area contributed by atoms with Gasteiger partial charge in [-0.1, -0.05) is 23.7 Å². The molecule has 4 nitrogen and oxygen atoms in total. The van der Waals surface area contributed by atoms with Gasteiger partial charge in [-0.05, 0) is 37.1 Å². The Morgan fingerprint density at radius 3 is 2.95 bits per heavy atom. The van der Waals surface area contributed by atoms with Crippen LogP contribution in [0.2, 0.25) is 5.02 Å². The van der Waals surface area contributed by atoms with E-state index < -0.39 is 0 Å². The summed E-state index contributed by atoms with van der Waals surface area (Å²) in [5.41, 5.74) is 3.33. The smallest absolute Gasteiger partial charge is 0.247 e. The maximum Gasteiger partial charge on any atom is 0.247 e. The van der Waals surface area contributed by atoms with Crippen molar-refractivity contribution in [2.45, 2.75) is 20.5 Å². The van der Waals surface area contributed by atoms with Gasteiger partial charge in [-0.3, -0.25) is 0 Å². The van der Waals surface area contributed by atoms with Crippen LogP contribution in [-0.4, -0.2) is 9.97 Å². The van der Waals surface area contributed by atoms with Crippen LogP contribution >= 0.6 is 11.6 Å². The molecule has 0 aliphatic rings. The zero-order valence-electron chi connectivity index (χ0n) is 11.2. The van der Waals surface area contributed by atoms with Crippen molar-refractivity contribution in [3.8, 4) is 5.75 Å². The zero-order valence-corrected chi connectivity index (χ0v) is 11.9. The highest BCUT2D eigenvalue weighted by Crippen LogP contribution is 2.22. The molecule has 0 aliphatic carbocycles. The van der Waals surface area contributed by atoms with E-state index in [1.165, 1.54) is 6.20 Å². The van der Waals surface area contributed by atoms with Gasteiger partial charge in [0.2, 0.25) is 11.6 Å². The first-order chi connectivity index (χ1) is 9.61. The lowest BCUT2D eigenvalue weighted by atomic mass is 10.1. The van der Waals surface area contributed by atoms with Crippen molar-refractivity contribution in [1.82, 2.24) is 9.97 Å². The van der Waals surface area contributed by atoms with Crippen molar-refractivity contribution >= 4 is 22.8 Å². The van der Waals surface area contributed by atoms with Crippen molar-refractivity contribution in [2.24, 2.45) is 0 Å². The molecule has 3 rings (SSSR count). The van der Waals surface area contributed by atoms with Crippen LogP contribution in [0, 0.1) is 13.8 Å². The average molecular weight is 289 g/mol. The molecule has 2 aromatic heterocycles. The van der Waals surface area contributed by atoms with Crippen molar-refractivity contribution in [1.29, 1.82) is 0 Å². The Kier molecular flexibility index (Phi) is 3.32. The van der Waals surface area contributed by atoms with Crippen LogP contribution in [-0.2, 0) is 6.61 Å². The van der Waals surface area contributed by atoms with E-state index in [4.69, 9.17) is 20.8 Å². The van der Waals surface area contributed by atoms with Gasteiger partial charge < -0.3 is 9.15 Å². The Labute approximate surface area is 121 Å². The van der Waals surface area contributed by atoms with Crippen LogP contribution in [0.25, 0.3) is 11.2 Å². The third-order valence-corrected chi connectivity index (χ3v) is 3.16. The van der Waals surface area contributed by atoms with Crippen molar-refractivity contribution in [3.63, 3.8) is 0 Å². The highest BCUT2D eigenvalue weighted by Gasteiger charge is 2.09. The molecule has 0 saturated heterocycles. The molecule has 0 aliphatic heterocycles. The van der Waals surface area contributed by atoms with Crippen molar-refractivity contribution in [2.75, 3.05) is 0 Å². The Balaban J connectivity index is 1.81. The summed E-state index contributed by atoms with van der Waals surface area (Å²) in [5.74, 6) is 1.31. The summed E-state index contributed by atoms with van der Waals surface area (Å²) in [6.07, 6.45) is 1.53. The van der Waals surface area contributed by atoms with Crippen LogP contribution in [0.4, 0.5) is 0 Å². The Bertz CT molecular complexity index is 768. The lowest BCUT2D eigenvalue weighted by Gasteiger charge is -2.07. The normalized spacial score (nSPS) is 10.9. The number of oxazole rings is 1. The number of nitrogens with zero attached hydrogens (tertiary/aromatic N) is 2. The lowest BCUT2D eigenvalue weighted by Crippen LogP contribution is -1.97. The summed E-state index contributed by atoms with van der Waals surface area (Å²) < 4.78 is 11.3. The third kappa shape index (κ3) is 2.60. The lowest BCUT2D eigenvalue weighted by molar-refractivity contribution is 0.265. The number of aromatic nitrogens is 2. The van der Waals surface area contributed by atoms with E-state index in [1.807, 2.05) is 32.0 Å². The Hall–Kier alpha value is -2.07. The fourth-order valence-electron chi connectivity index (χ4n) is 1.91. The molecule has 102 valence electrons. The van der Waals surface area contributed by atoms with Gasteiger partial charge in [-0.2, -0.15) is 0 Å². The van der Waals surface area contributed by atoms with E-state index in [2.05, 4.69) is 9.97 Å². The predicted molar refractivity (Wildman–Crippen MR) is 77.1 cm³/mol. The second kappa shape index (κ2) is 5.13. The molecule has 0 unspecified atom stereocenters. The van der Waals surface area contributed by atoms with E-state index >= 15 is 0 Å². The quantitative estimate of drug-likeness (QED) is 0.729. The summed E-state index contributed by atoms with van der Waals surface area (Å²) >= 11 is 5.86. The van der Waals surface area contributed by atoms with Gasteiger partial charge in [0.05, 0.1) is 5.02 Å². The highest BCUT2D eigenvalue weighted by molar-refractivity contribution is 6.30. The number of hydrogen-bond acceptors (Lipinski definition) is 4. The van der Waals surface area contributed by atoms with Gasteiger partial charge in [0.15, 0.2) is 6.61 Å². The molecule has 0 atom stereocenters. The molecular weight excluding hydrogens is 276 g/mol. The first-order valence-corrected chi connectivity index (χ1v) is 6.60. The molecular formula is C15H13ClN2O2. The average Bonchev–Trinajstić information content (AvgIpc) is 2.81. The predicted octanol–water partition coefficient (Wildman–Crippen LogP) is 4.07. The third-order valence-electron chi connectivity index (χ3n) is 2.95. The molecule has 0 fully saturated rings. The first-order valence-electron chi connectivity index (χ1n) is 6.23. The van der Waals surface area contributed by atoms with Crippen LogP contribution in [0.15, 0.2) is 34.9 Å². The molecule has 0 bridgehead atoms. The molecule has 0 amide bonds. The monoisotopic (exact) mass is 288 g/mol. The molecule has 1 aromatic carbocycles. The summed E-state index contributed by atoms with van der Waals surface area (Å²) in [7, 11) is 0. The van der Waals surface area contributed by atoms with Crippen LogP contribution in [0.5, 0.6) is 5.75 Å². The van der Waals surface area contributed by atoms with Crippen LogP contribution < -0.4 is 4.74 Å². The minimum absolute atomic E-state index is 0.262. The van der Waals surface area contributed by atoms with Crippen molar-refractivity contribution < 1.29 is 9.15 Å². The Morgan fingerprint density at radius 1 is 1.25 bits per heavy atom. The minimum atomic E-state index is 0.262. The van der Waals surface area contributed by atoms with Gasteiger partial charge in [0, 0.05) is 6.20 Å². The highest BCUT2D eigenvalue weighted by atomic mass is 35.5. The number of halogens is 1. The molecule has 2 heterocycles. The fraction of sp³-hybridized carbons (Fsp3) is 0.200. The number of rotatable bonds is 3. The number of benzene rings is 1. The van der Waals surface area contributed by atoms with Crippen LogP contribution in [0.1, 0.15) is 17.0 Å². The number of pyridine rings is 1. The summed E-state index contributed by atoms with van der Waals surface area (Å²) in [6.45, 7) is 4.29. The summed E-state index contributed by atoms with van der Waals surface area (Å²) in [5, 5.41) is 0.535. The fourth-order valence-corrected chi connectivity index (χ4v) is 2.06. The molecule has 0 saturated carbocycles. The minimum Gasteiger partial charge on any atom is -0.484 e. The van der Waals surface area contributed by atoms with E-state index in [1.54, 1.807) is 6.07 Å². The standard InChI is InChI=1S/C15H13ClN2O2/c1-9-3-4-10(2)13(5-9)19-8-14-18-12-6-11(16)7-17-15(12)20-14/h3-7H,8H2,1-2H3. The van der Waals surface area contributed by atoms with E-state index in [-0.39, 0.29) is 6.61 Å². The number of aryl methyl sites for hydroxylation is 2. The number of hydrogen-bond donors (Lipinski definition) is 0. The van der Waals surface area contributed by atoms with E-state index in [9.17, 15) is 0 Å². The first kappa shape index (κ1) is 12.9. The van der Waals surface area contributed by atoms with E-state index in [0.29, 0.717) is 22.1 Å². The van der Waals surface area contributed by atoms with Gasteiger partial charge in [-0.25, -0.2) is 9.97 Å². The Morgan fingerprint density at radius 2 is 2.10 bits per heavy atom. The molecule has 20 heavy (non-hydrogen) atoms. The van der Waals surface area contributed by atoms with Crippen LogP contribution in [0.3, 0.4) is 0 Å². The van der Waals surface area contributed by atoms with Crippen molar-refractivity contribution in [3.05, 3.63) is 52.5 Å². The summed E-state index contributed by atoms with van der Waals surface area (Å²) in [4.78, 5) is 8.37. The topological polar surface area (TPSA) is 48.2 Å². The molecule has 0 spiro atoms. The van der Waals surface area contributed by atoms with E-state index in [0.717, 1.165) is 16.9 Å². The largest absolute Gasteiger partial charge is 0.484 e. The maximum absolute atomic E-state index is 5.86. The van der Waals surface area contributed by atoms with Gasteiger partial charge in [-0.15, -0.1) is 0 Å². The SMILES string of the molecule is Cc1ccc(C)c(OCc2nc3cc(Cl)cnc3o2)c1. The van der Waals surface area contributed by atoms with Gasteiger partial charge in [0.25, 0.3) is 0 Å². The molecule has 5 heteroatoms. The van der Waals surface area contributed by atoms with Gasteiger partial charge in [0.1, 0.15) is 11.3 Å². The molecule has 3 aromatic rings. The molecule has 0 radical (unpaired) electrons.